The van der Waals surface area contributed by atoms with E-state index in [1.165, 1.54) is 5.56 Å². The third-order valence-corrected chi connectivity index (χ3v) is 2.82. The van der Waals surface area contributed by atoms with Gasteiger partial charge in [-0.05, 0) is 31.0 Å². The molecule has 1 aromatic rings. The predicted molar refractivity (Wildman–Crippen MR) is 61.9 cm³/mol. The lowest BCUT2D eigenvalue weighted by molar-refractivity contribution is 0.101. The molecule has 0 heterocycles. The number of alkyl halides is 2. The van der Waals surface area contributed by atoms with Crippen LogP contribution in [0.25, 0.3) is 0 Å². The van der Waals surface area contributed by atoms with Gasteiger partial charge in [-0.3, -0.25) is 4.79 Å². The van der Waals surface area contributed by atoms with E-state index in [0.717, 1.165) is 11.1 Å². The Kier molecular flexibility index (Phi) is 3.68. The summed E-state index contributed by atoms with van der Waals surface area (Å²) in [4.78, 5) is 11.5. The molecular formula is C10H10Br2O. The Hall–Kier alpha value is -0.150. The monoisotopic (exact) mass is 304 g/mol. The van der Waals surface area contributed by atoms with Crippen molar-refractivity contribution in [2.75, 3.05) is 0 Å². The molecule has 1 nitrogen and oxygen atoms in total. The van der Waals surface area contributed by atoms with Gasteiger partial charge in [0.15, 0.2) is 5.78 Å². The lowest BCUT2D eigenvalue weighted by atomic mass is 10.0. The number of Topliss-reactive ketones (excluding diaryl/α,β-unsaturated/α-hetero) is 1. The van der Waals surface area contributed by atoms with Gasteiger partial charge in [-0.15, -0.1) is 0 Å². The van der Waals surface area contributed by atoms with E-state index >= 15 is 0 Å². The van der Waals surface area contributed by atoms with Crippen LogP contribution in [0.1, 0.15) is 21.5 Å². The molecule has 0 spiro atoms. The fourth-order valence-electron chi connectivity index (χ4n) is 1.02. The van der Waals surface area contributed by atoms with Crippen molar-refractivity contribution in [3.05, 3.63) is 34.9 Å². The Morgan fingerprint density at radius 2 is 1.85 bits per heavy atom. The number of halogens is 2. The average molecular weight is 306 g/mol. The van der Waals surface area contributed by atoms with E-state index in [0.29, 0.717) is 0 Å². The largest absolute Gasteiger partial charge is 0.292 e. The van der Waals surface area contributed by atoms with Gasteiger partial charge in [0.2, 0.25) is 0 Å². The van der Waals surface area contributed by atoms with Gasteiger partial charge < -0.3 is 0 Å². The van der Waals surface area contributed by atoms with Crippen LogP contribution in [0.5, 0.6) is 0 Å². The number of rotatable bonds is 2. The second-order valence-corrected chi connectivity index (χ2v) is 6.02. The predicted octanol–water partition coefficient (Wildman–Crippen LogP) is 3.60. The molecule has 0 radical (unpaired) electrons. The maximum absolute atomic E-state index is 11.5. The molecule has 0 N–H and O–H groups in total. The Morgan fingerprint density at radius 1 is 1.23 bits per heavy atom. The molecule has 13 heavy (non-hydrogen) atoms. The van der Waals surface area contributed by atoms with E-state index in [1.54, 1.807) is 0 Å². The first-order valence-corrected chi connectivity index (χ1v) is 5.75. The van der Waals surface area contributed by atoms with Crippen LogP contribution in [0.15, 0.2) is 18.2 Å². The maximum atomic E-state index is 11.5. The van der Waals surface area contributed by atoms with Crippen LogP contribution in [-0.4, -0.2) is 9.52 Å². The van der Waals surface area contributed by atoms with E-state index < -0.39 is 0 Å². The molecule has 0 saturated heterocycles. The molecule has 1 aromatic carbocycles. The first kappa shape index (κ1) is 10.9. The topological polar surface area (TPSA) is 17.1 Å². The van der Waals surface area contributed by atoms with Gasteiger partial charge in [-0.2, -0.15) is 0 Å². The highest BCUT2D eigenvalue weighted by molar-refractivity contribution is 9.25. The Balaban J connectivity index is 3.04. The van der Waals surface area contributed by atoms with Gasteiger partial charge in [0.1, 0.15) is 3.74 Å². The van der Waals surface area contributed by atoms with Crippen molar-refractivity contribution in [1.29, 1.82) is 0 Å². The second-order valence-electron chi connectivity index (χ2n) is 2.96. The minimum absolute atomic E-state index is 0.0584. The summed E-state index contributed by atoms with van der Waals surface area (Å²) in [6, 6.07) is 5.72. The van der Waals surface area contributed by atoms with Crippen molar-refractivity contribution < 1.29 is 4.79 Å². The molecule has 0 saturated carbocycles. The van der Waals surface area contributed by atoms with Crippen molar-refractivity contribution in [2.45, 2.75) is 17.6 Å². The van der Waals surface area contributed by atoms with Crippen LogP contribution in [-0.2, 0) is 0 Å². The third kappa shape index (κ3) is 2.64. The lowest BCUT2D eigenvalue weighted by Gasteiger charge is -2.04. The number of ketones is 1. The molecule has 0 amide bonds. The standard InChI is InChI=1S/C10H10Br2O/c1-6-3-4-8(5-7(6)2)9(13)10(11)12/h3-5,10H,1-2H3. The Morgan fingerprint density at radius 3 is 2.31 bits per heavy atom. The SMILES string of the molecule is Cc1ccc(C(=O)C(Br)Br)cc1C. The molecule has 0 aliphatic carbocycles. The van der Waals surface area contributed by atoms with Crippen LogP contribution >= 0.6 is 31.9 Å². The fourth-order valence-corrected chi connectivity index (χ4v) is 1.55. The zero-order valence-corrected chi connectivity index (χ0v) is 10.6. The highest BCUT2D eigenvalue weighted by Crippen LogP contribution is 2.17. The second kappa shape index (κ2) is 4.38. The minimum Gasteiger partial charge on any atom is -0.292 e. The normalized spacial score (nSPS) is 10.5. The van der Waals surface area contributed by atoms with Gasteiger partial charge in [-0.1, -0.05) is 44.0 Å². The average Bonchev–Trinajstić information content (AvgIpc) is 2.08. The number of hydrogen-bond donors (Lipinski definition) is 0. The smallest absolute Gasteiger partial charge is 0.187 e. The summed E-state index contributed by atoms with van der Waals surface area (Å²) >= 11 is 6.37. The van der Waals surface area contributed by atoms with E-state index in [-0.39, 0.29) is 9.52 Å². The summed E-state index contributed by atoms with van der Waals surface area (Å²) in [5, 5.41) is 0. The van der Waals surface area contributed by atoms with Gasteiger partial charge >= 0.3 is 0 Å². The lowest BCUT2D eigenvalue weighted by Crippen LogP contribution is -2.07. The fraction of sp³-hybridized carbons (Fsp3) is 0.300. The molecule has 0 aromatic heterocycles. The summed E-state index contributed by atoms with van der Waals surface area (Å²) in [5.41, 5.74) is 3.09. The van der Waals surface area contributed by atoms with Gasteiger partial charge in [-0.25, -0.2) is 0 Å². The van der Waals surface area contributed by atoms with Crippen LogP contribution < -0.4 is 0 Å². The van der Waals surface area contributed by atoms with Crippen molar-refractivity contribution in [1.82, 2.24) is 0 Å². The van der Waals surface area contributed by atoms with Gasteiger partial charge in [0.25, 0.3) is 0 Å². The summed E-state index contributed by atoms with van der Waals surface area (Å²) in [6.07, 6.45) is 0. The number of hydrogen-bond acceptors (Lipinski definition) is 1. The number of aryl methyl sites for hydroxylation is 2. The molecule has 0 aliphatic rings. The first-order valence-electron chi connectivity index (χ1n) is 3.92. The summed E-state index contributed by atoms with van der Waals surface area (Å²) in [6.45, 7) is 4.03. The van der Waals surface area contributed by atoms with Crippen molar-refractivity contribution >= 4 is 37.6 Å². The molecular weight excluding hydrogens is 296 g/mol. The van der Waals surface area contributed by atoms with E-state index in [9.17, 15) is 4.79 Å². The summed E-state index contributed by atoms with van der Waals surface area (Å²) in [5.74, 6) is 0.0584. The Labute approximate surface area is 94.8 Å². The van der Waals surface area contributed by atoms with Crippen molar-refractivity contribution in [3.8, 4) is 0 Å². The maximum Gasteiger partial charge on any atom is 0.187 e. The quantitative estimate of drug-likeness (QED) is 0.603. The molecule has 0 fully saturated rings. The zero-order valence-electron chi connectivity index (χ0n) is 7.47. The molecule has 0 aliphatic heterocycles. The zero-order chi connectivity index (χ0) is 10.0. The van der Waals surface area contributed by atoms with Crippen molar-refractivity contribution in [2.24, 2.45) is 0 Å². The van der Waals surface area contributed by atoms with E-state index in [4.69, 9.17) is 0 Å². The van der Waals surface area contributed by atoms with E-state index in [1.807, 2.05) is 32.0 Å². The first-order chi connectivity index (χ1) is 6.02. The minimum atomic E-state index is -0.290. The molecule has 3 heteroatoms. The molecule has 1 rings (SSSR count). The summed E-state index contributed by atoms with van der Waals surface area (Å²) in [7, 11) is 0. The van der Waals surface area contributed by atoms with Gasteiger partial charge in [0, 0.05) is 5.56 Å². The number of carbonyl (C=O) groups is 1. The van der Waals surface area contributed by atoms with Gasteiger partial charge in [0.05, 0.1) is 0 Å². The highest BCUT2D eigenvalue weighted by Gasteiger charge is 2.13. The third-order valence-electron chi connectivity index (χ3n) is 1.99. The van der Waals surface area contributed by atoms with E-state index in [2.05, 4.69) is 31.9 Å². The summed E-state index contributed by atoms with van der Waals surface area (Å²) < 4.78 is -0.290. The molecule has 70 valence electrons. The molecule has 0 atom stereocenters. The number of carbonyl (C=O) groups excluding carboxylic acids is 1. The van der Waals surface area contributed by atoms with Crippen molar-refractivity contribution in [3.63, 3.8) is 0 Å². The van der Waals surface area contributed by atoms with Crippen LogP contribution in [0.3, 0.4) is 0 Å². The van der Waals surface area contributed by atoms with Crippen LogP contribution in [0.2, 0.25) is 0 Å². The van der Waals surface area contributed by atoms with Crippen LogP contribution in [0.4, 0.5) is 0 Å². The number of benzene rings is 1. The Bertz CT molecular complexity index is 332. The molecule has 0 bridgehead atoms. The van der Waals surface area contributed by atoms with Crippen LogP contribution in [0, 0.1) is 13.8 Å². The molecule has 0 unspecified atom stereocenters. The highest BCUT2D eigenvalue weighted by atomic mass is 79.9.